The van der Waals surface area contributed by atoms with Gasteiger partial charge in [-0.25, -0.2) is 0 Å². The summed E-state index contributed by atoms with van der Waals surface area (Å²) in [5, 5.41) is 4.62. The number of hydrogen-bond donors (Lipinski definition) is 0. The average molecular weight is 415 g/mol. The number of pyridine rings is 1. The predicted octanol–water partition coefficient (Wildman–Crippen LogP) is 3.15. The lowest BCUT2D eigenvalue weighted by atomic mass is 10.2. The van der Waals surface area contributed by atoms with E-state index in [-0.39, 0.29) is 18.9 Å². The molecule has 1 aromatic carbocycles. The Morgan fingerprint density at radius 3 is 2.93 bits per heavy atom. The molecule has 8 nitrogen and oxygen atoms in total. The third-order valence-electron chi connectivity index (χ3n) is 4.45. The number of halogens is 1. The predicted molar refractivity (Wildman–Crippen MR) is 104 cm³/mol. The molecule has 150 valence electrons. The van der Waals surface area contributed by atoms with E-state index in [0.29, 0.717) is 42.2 Å². The second kappa shape index (κ2) is 9.02. The Balaban J connectivity index is 1.31. The van der Waals surface area contributed by atoms with Gasteiger partial charge in [-0.1, -0.05) is 16.8 Å². The van der Waals surface area contributed by atoms with Crippen molar-refractivity contribution in [3.05, 3.63) is 59.7 Å². The lowest BCUT2D eigenvalue weighted by molar-refractivity contribution is -0.140. The van der Waals surface area contributed by atoms with E-state index in [9.17, 15) is 4.79 Å². The van der Waals surface area contributed by atoms with Crippen LogP contribution in [-0.2, 0) is 9.53 Å². The summed E-state index contributed by atoms with van der Waals surface area (Å²) in [5.74, 6) is 1.45. The van der Waals surface area contributed by atoms with E-state index >= 15 is 0 Å². The Morgan fingerprint density at radius 1 is 1.28 bits per heavy atom. The van der Waals surface area contributed by atoms with E-state index in [1.165, 1.54) is 0 Å². The minimum absolute atomic E-state index is 0.0146. The van der Waals surface area contributed by atoms with Crippen LogP contribution < -0.4 is 4.74 Å². The van der Waals surface area contributed by atoms with Gasteiger partial charge in [0.25, 0.3) is 5.89 Å². The Hall–Kier alpha value is -2.97. The lowest BCUT2D eigenvalue weighted by Crippen LogP contribution is -2.42. The summed E-state index contributed by atoms with van der Waals surface area (Å²) in [4.78, 5) is 22.7. The monoisotopic (exact) mass is 414 g/mol. The maximum atomic E-state index is 12.5. The van der Waals surface area contributed by atoms with Crippen molar-refractivity contribution in [2.24, 2.45) is 0 Å². The number of rotatable bonds is 6. The van der Waals surface area contributed by atoms with E-state index in [2.05, 4.69) is 15.1 Å². The molecule has 1 saturated heterocycles. The highest BCUT2D eigenvalue weighted by atomic mass is 35.5. The largest absolute Gasteiger partial charge is 0.493 e. The molecule has 0 bridgehead atoms. The van der Waals surface area contributed by atoms with Crippen LogP contribution in [0.25, 0.3) is 11.4 Å². The van der Waals surface area contributed by atoms with Crippen LogP contribution in [0.15, 0.2) is 53.3 Å². The maximum Gasteiger partial charge on any atom is 0.257 e. The van der Waals surface area contributed by atoms with Gasteiger partial charge in [-0.05, 0) is 36.4 Å². The summed E-state index contributed by atoms with van der Waals surface area (Å²) < 4.78 is 16.7. The van der Waals surface area contributed by atoms with Crippen LogP contribution in [0.3, 0.4) is 0 Å². The van der Waals surface area contributed by atoms with Crippen molar-refractivity contribution in [2.75, 3.05) is 26.3 Å². The van der Waals surface area contributed by atoms with Crippen LogP contribution in [0.5, 0.6) is 5.75 Å². The molecule has 0 N–H and O–H groups in total. The molecule has 1 aliphatic rings. The van der Waals surface area contributed by atoms with Gasteiger partial charge >= 0.3 is 0 Å². The third-order valence-corrected chi connectivity index (χ3v) is 4.71. The second-order valence-corrected chi connectivity index (χ2v) is 6.89. The summed E-state index contributed by atoms with van der Waals surface area (Å²) in [6, 6.07) is 10.7. The van der Waals surface area contributed by atoms with Crippen molar-refractivity contribution in [3.8, 4) is 17.1 Å². The Kier molecular flexibility index (Phi) is 6.02. The highest BCUT2D eigenvalue weighted by Crippen LogP contribution is 2.24. The van der Waals surface area contributed by atoms with Crippen LogP contribution >= 0.6 is 11.6 Å². The molecule has 1 aliphatic heterocycles. The Morgan fingerprint density at radius 2 is 2.14 bits per heavy atom. The van der Waals surface area contributed by atoms with E-state index < -0.39 is 6.10 Å². The fourth-order valence-electron chi connectivity index (χ4n) is 2.95. The van der Waals surface area contributed by atoms with Gasteiger partial charge in [0.15, 0.2) is 6.10 Å². The number of carbonyl (C=O) groups is 1. The molecule has 2 aromatic heterocycles. The summed E-state index contributed by atoms with van der Waals surface area (Å²) in [6.45, 7) is 1.56. The normalized spacial score (nSPS) is 16.6. The lowest BCUT2D eigenvalue weighted by Gasteiger charge is -2.31. The molecule has 4 rings (SSSR count). The second-order valence-electron chi connectivity index (χ2n) is 6.45. The molecular weight excluding hydrogens is 396 g/mol. The van der Waals surface area contributed by atoms with E-state index in [1.807, 2.05) is 6.07 Å². The molecule has 0 saturated carbocycles. The topological polar surface area (TPSA) is 90.6 Å². The van der Waals surface area contributed by atoms with E-state index in [1.54, 1.807) is 47.6 Å². The smallest absolute Gasteiger partial charge is 0.257 e. The molecular formula is C20H19ClN4O4. The van der Waals surface area contributed by atoms with Gasteiger partial charge in [0, 0.05) is 29.5 Å². The van der Waals surface area contributed by atoms with Gasteiger partial charge in [-0.2, -0.15) is 4.98 Å². The molecule has 1 unspecified atom stereocenters. The number of ether oxygens (including phenoxy) is 2. The Labute approximate surface area is 172 Å². The minimum atomic E-state index is -0.456. The summed E-state index contributed by atoms with van der Waals surface area (Å²) >= 11 is 5.85. The number of benzene rings is 1. The molecule has 0 spiro atoms. The number of carbonyl (C=O) groups excluding carboxylic acids is 1. The summed E-state index contributed by atoms with van der Waals surface area (Å²) in [5.41, 5.74) is 0.755. The van der Waals surface area contributed by atoms with Crippen molar-refractivity contribution in [2.45, 2.75) is 12.5 Å². The van der Waals surface area contributed by atoms with Crippen LogP contribution in [0.4, 0.5) is 0 Å². The minimum Gasteiger partial charge on any atom is -0.493 e. The third kappa shape index (κ3) is 4.90. The molecule has 1 fully saturated rings. The molecule has 29 heavy (non-hydrogen) atoms. The van der Waals surface area contributed by atoms with Crippen LogP contribution in [0.2, 0.25) is 5.02 Å². The number of morpholine rings is 1. The molecule has 0 aliphatic carbocycles. The number of aromatic nitrogens is 3. The first-order chi connectivity index (χ1) is 14.2. The van der Waals surface area contributed by atoms with Crippen LogP contribution in [0, 0.1) is 0 Å². The van der Waals surface area contributed by atoms with Gasteiger partial charge < -0.3 is 18.9 Å². The molecule has 3 heterocycles. The van der Waals surface area contributed by atoms with Gasteiger partial charge in [0.1, 0.15) is 5.75 Å². The first-order valence-corrected chi connectivity index (χ1v) is 9.58. The van der Waals surface area contributed by atoms with Crippen molar-refractivity contribution >= 4 is 17.5 Å². The SMILES string of the molecule is O=C(CCOc1ccc(Cl)cc1)N1CCOC(c2nc(-c3cccnc3)no2)C1. The van der Waals surface area contributed by atoms with Gasteiger partial charge in [-0.15, -0.1) is 0 Å². The van der Waals surface area contributed by atoms with E-state index in [0.717, 1.165) is 5.56 Å². The fraction of sp³-hybridized carbons (Fsp3) is 0.300. The highest BCUT2D eigenvalue weighted by Gasteiger charge is 2.29. The summed E-state index contributed by atoms with van der Waals surface area (Å²) in [6.07, 6.45) is 3.14. The van der Waals surface area contributed by atoms with Crippen molar-refractivity contribution in [1.29, 1.82) is 0 Å². The first kappa shape index (κ1) is 19.4. The quantitative estimate of drug-likeness (QED) is 0.611. The van der Waals surface area contributed by atoms with Crippen molar-refractivity contribution < 1.29 is 18.8 Å². The molecule has 1 atom stereocenters. The fourth-order valence-corrected chi connectivity index (χ4v) is 3.07. The van der Waals surface area contributed by atoms with Crippen molar-refractivity contribution in [3.63, 3.8) is 0 Å². The maximum absolute atomic E-state index is 12.5. The number of nitrogens with zero attached hydrogens (tertiary/aromatic N) is 4. The molecule has 1 amide bonds. The summed E-state index contributed by atoms with van der Waals surface area (Å²) in [7, 11) is 0. The number of hydrogen-bond acceptors (Lipinski definition) is 7. The zero-order valence-electron chi connectivity index (χ0n) is 15.5. The molecule has 0 radical (unpaired) electrons. The van der Waals surface area contributed by atoms with Crippen LogP contribution in [0.1, 0.15) is 18.4 Å². The van der Waals surface area contributed by atoms with Gasteiger partial charge in [-0.3, -0.25) is 9.78 Å². The zero-order valence-corrected chi connectivity index (χ0v) is 16.3. The first-order valence-electron chi connectivity index (χ1n) is 9.21. The van der Waals surface area contributed by atoms with Gasteiger partial charge in [0.05, 0.1) is 26.2 Å². The molecule has 3 aromatic rings. The highest BCUT2D eigenvalue weighted by molar-refractivity contribution is 6.30. The zero-order chi connectivity index (χ0) is 20.1. The molecule has 9 heteroatoms. The standard InChI is InChI=1S/C20H19ClN4O4/c21-15-3-5-16(6-4-15)27-10-7-18(26)25-9-11-28-17(13-25)20-23-19(24-29-20)14-2-1-8-22-12-14/h1-6,8,12,17H,7,9-11,13H2. The average Bonchev–Trinajstić information content (AvgIpc) is 3.26. The van der Waals surface area contributed by atoms with E-state index in [4.69, 9.17) is 25.6 Å². The van der Waals surface area contributed by atoms with Crippen LogP contribution in [-0.4, -0.2) is 52.2 Å². The Bertz CT molecular complexity index is 949. The van der Waals surface area contributed by atoms with Crippen molar-refractivity contribution in [1.82, 2.24) is 20.0 Å². The number of amides is 1. The van der Waals surface area contributed by atoms with Gasteiger partial charge in [0.2, 0.25) is 11.7 Å².